The Labute approximate surface area is 180 Å². The standard InChI is InChI=1S/C22H24FNO6S/c1-2-29-18-9-6-16(7-10-18)20(25)15-30-22(26)17-8-11-19(23)21(14-17)31(27,28)24-12-4-3-5-13-24/h6-11,14H,2-5,12-13,15H2,1H3. The van der Waals surface area contributed by atoms with Crippen molar-refractivity contribution in [2.45, 2.75) is 31.1 Å². The third-order valence-electron chi connectivity index (χ3n) is 4.92. The summed E-state index contributed by atoms with van der Waals surface area (Å²) in [6, 6.07) is 9.40. The van der Waals surface area contributed by atoms with Crippen molar-refractivity contribution < 1.29 is 31.9 Å². The van der Waals surface area contributed by atoms with Gasteiger partial charge in [0.2, 0.25) is 10.0 Å². The highest BCUT2D eigenvalue weighted by Crippen LogP contribution is 2.24. The van der Waals surface area contributed by atoms with E-state index in [0.717, 1.165) is 24.6 Å². The van der Waals surface area contributed by atoms with Gasteiger partial charge in [-0.15, -0.1) is 0 Å². The molecule has 0 bridgehead atoms. The fourth-order valence-corrected chi connectivity index (χ4v) is 4.88. The van der Waals surface area contributed by atoms with Crippen molar-refractivity contribution in [3.63, 3.8) is 0 Å². The number of piperidine rings is 1. The first-order chi connectivity index (χ1) is 14.8. The molecular formula is C22H24FNO6S. The van der Waals surface area contributed by atoms with Gasteiger partial charge in [-0.1, -0.05) is 6.42 Å². The van der Waals surface area contributed by atoms with E-state index in [0.29, 0.717) is 43.9 Å². The Morgan fingerprint density at radius 1 is 1.00 bits per heavy atom. The number of carbonyl (C=O) groups is 2. The maximum atomic E-state index is 14.3. The van der Waals surface area contributed by atoms with Gasteiger partial charge in [0.1, 0.15) is 16.5 Å². The van der Waals surface area contributed by atoms with E-state index in [1.165, 1.54) is 4.31 Å². The number of esters is 1. The fraction of sp³-hybridized carbons (Fsp3) is 0.364. The summed E-state index contributed by atoms with van der Waals surface area (Å²) in [6.45, 7) is 2.44. The first-order valence-corrected chi connectivity index (χ1v) is 11.5. The van der Waals surface area contributed by atoms with Crippen molar-refractivity contribution in [1.29, 1.82) is 0 Å². The predicted octanol–water partition coefficient (Wildman–Crippen LogP) is 3.44. The molecule has 1 saturated heterocycles. The van der Waals surface area contributed by atoms with Gasteiger partial charge in [0.15, 0.2) is 12.4 Å². The predicted molar refractivity (Wildman–Crippen MR) is 111 cm³/mol. The lowest BCUT2D eigenvalue weighted by Gasteiger charge is -2.26. The van der Waals surface area contributed by atoms with Crippen LogP contribution < -0.4 is 4.74 Å². The van der Waals surface area contributed by atoms with Crippen LogP contribution >= 0.6 is 0 Å². The van der Waals surface area contributed by atoms with E-state index in [2.05, 4.69) is 0 Å². The van der Waals surface area contributed by atoms with E-state index in [9.17, 15) is 22.4 Å². The molecule has 3 rings (SSSR count). The number of halogens is 1. The van der Waals surface area contributed by atoms with Crippen LogP contribution in [0.2, 0.25) is 0 Å². The molecule has 0 radical (unpaired) electrons. The fourth-order valence-electron chi connectivity index (χ4n) is 3.27. The molecule has 1 aliphatic rings. The van der Waals surface area contributed by atoms with Crippen molar-refractivity contribution in [2.75, 3.05) is 26.3 Å². The van der Waals surface area contributed by atoms with Crippen molar-refractivity contribution in [2.24, 2.45) is 0 Å². The molecule has 0 atom stereocenters. The lowest BCUT2D eigenvalue weighted by atomic mass is 10.1. The second-order valence-electron chi connectivity index (χ2n) is 7.07. The normalized spacial score (nSPS) is 14.8. The van der Waals surface area contributed by atoms with Crippen LogP contribution in [0.1, 0.15) is 46.9 Å². The largest absolute Gasteiger partial charge is 0.494 e. The summed E-state index contributed by atoms with van der Waals surface area (Å²) in [5.74, 6) is -1.66. The van der Waals surface area contributed by atoms with Gasteiger partial charge in [-0.25, -0.2) is 17.6 Å². The molecule has 1 fully saturated rings. The van der Waals surface area contributed by atoms with Gasteiger partial charge in [-0.05, 0) is 62.2 Å². The maximum Gasteiger partial charge on any atom is 0.338 e. The zero-order valence-electron chi connectivity index (χ0n) is 17.2. The SMILES string of the molecule is CCOc1ccc(C(=O)COC(=O)c2ccc(F)c(S(=O)(=O)N3CCCCC3)c2)cc1. The minimum atomic E-state index is -4.06. The highest BCUT2D eigenvalue weighted by Gasteiger charge is 2.29. The molecule has 0 spiro atoms. The van der Waals surface area contributed by atoms with Gasteiger partial charge in [0.05, 0.1) is 12.2 Å². The van der Waals surface area contributed by atoms with Gasteiger partial charge in [-0.2, -0.15) is 4.31 Å². The molecule has 2 aromatic carbocycles. The van der Waals surface area contributed by atoms with E-state index >= 15 is 0 Å². The van der Waals surface area contributed by atoms with Crippen LogP contribution in [0, 0.1) is 5.82 Å². The van der Waals surface area contributed by atoms with E-state index in [1.54, 1.807) is 24.3 Å². The third-order valence-corrected chi connectivity index (χ3v) is 6.84. The Kier molecular flexibility index (Phi) is 7.40. The molecule has 0 N–H and O–H groups in total. The lowest BCUT2D eigenvalue weighted by Crippen LogP contribution is -2.36. The number of ketones is 1. The van der Waals surface area contributed by atoms with Crippen LogP contribution in [0.25, 0.3) is 0 Å². The van der Waals surface area contributed by atoms with Crippen molar-refractivity contribution >= 4 is 21.8 Å². The summed E-state index contributed by atoms with van der Waals surface area (Å²) >= 11 is 0. The number of rotatable bonds is 8. The van der Waals surface area contributed by atoms with Gasteiger partial charge >= 0.3 is 5.97 Å². The topological polar surface area (TPSA) is 90.0 Å². The van der Waals surface area contributed by atoms with Gasteiger partial charge in [0.25, 0.3) is 0 Å². The van der Waals surface area contributed by atoms with E-state index in [4.69, 9.17) is 9.47 Å². The summed E-state index contributed by atoms with van der Waals surface area (Å²) in [5.41, 5.74) is 0.195. The van der Waals surface area contributed by atoms with Crippen molar-refractivity contribution in [3.05, 3.63) is 59.4 Å². The molecule has 0 amide bonds. The van der Waals surface area contributed by atoms with Crippen LogP contribution in [-0.4, -0.2) is 50.8 Å². The Balaban J connectivity index is 1.69. The summed E-state index contributed by atoms with van der Waals surface area (Å²) in [6.07, 6.45) is 2.33. The molecule has 0 aromatic heterocycles. The molecule has 2 aromatic rings. The smallest absolute Gasteiger partial charge is 0.338 e. The van der Waals surface area contributed by atoms with E-state index < -0.39 is 39.1 Å². The molecule has 7 nitrogen and oxygen atoms in total. The van der Waals surface area contributed by atoms with Crippen molar-refractivity contribution in [1.82, 2.24) is 4.31 Å². The molecule has 0 unspecified atom stereocenters. The van der Waals surface area contributed by atoms with E-state index in [1.807, 2.05) is 6.92 Å². The number of ether oxygens (including phenoxy) is 2. The summed E-state index contributed by atoms with van der Waals surface area (Å²) in [5, 5.41) is 0. The van der Waals surface area contributed by atoms with Crippen molar-refractivity contribution in [3.8, 4) is 5.75 Å². The second-order valence-corrected chi connectivity index (χ2v) is 8.97. The minimum absolute atomic E-state index is 0.142. The second kappa shape index (κ2) is 10.0. The molecule has 0 aliphatic carbocycles. The van der Waals surface area contributed by atoms with Crippen LogP contribution in [0.4, 0.5) is 4.39 Å². The zero-order valence-corrected chi connectivity index (χ0v) is 18.0. The van der Waals surface area contributed by atoms with Crippen LogP contribution in [0.3, 0.4) is 0 Å². The lowest BCUT2D eigenvalue weighted by molar-refractivity contribution is 0.0474. The molecule has 0 saturated carbocycles. The molecule has 166 valence electrons. The highest BCUT2D eigenvalue weighted by molar-refractivity contribution is 7.89. The number of carbonyl (C=O) groups excluding carboxylic acids is 2. The highest BCUT2D eigenvalue weighted by atomic mass is 32.2. The van der Waals surface area contributed by atoms with Gasteiger partial charge < -0.3 is 9.47 Å². The average molecular weight is 450 g/mol. The first kappa shape index (κ1) is 22.9. The number of nitrogens with zero attached hydrogens (tertiary/aromatic N) is 1. The summed E-state index contributed by atoms with van der Waals surface area (Å²) in [7, 11) is -4.06. The number of sulfonamides is 1. The van der Waals surface area contributed by atoms with E-state index in [-0.39, 0.29) is 5.56 Å². The zero-order chi connectivity index (χ0) is 22.4. The molecular weight excluding hydrogens is 425 g/mol. The minimum Gasteiger partial charge on any atom is -0.494 e. The monoisotopic (exact) mass is 449 g/mol. The number of hydrogen-bond donors (Lipinski definition) is 0. The van der Waals surface area contributed by atoms with Crippen LogP contribution in [0.15, 0.2) is 47.4 Å². The Bertz CT molecular complexity index is 1050. The third kappa shape index (κ3) is 5.48. The maximum absolute atomic E-state index is 14.3. The first-order valence-electron chi connectivity index (χ1n) is 10.1. The Hall–Kier alpha value is -2.78. The van der Waals surface area contributed by atoms with Crippen LogP contribution in [0.5, 0.6) is 5.75 Å². The molecule has 1 heterocycles. The summed E-state index contributed by atoms with van der Waals surface area (Å²) in [4.78, 5) is 24.0. The van der Waals surface area contributed by atoms with Gasteiger partial charge in [0, 0.05) is 18.7 Å². The molecule has 31 heavy (non-hydrogen) atoms. The number of hydrogen-bond acceptors (Lipinski definition) is 6. The number of benzene rings is 2. The Morgan fingerprint density at radius 2 is 1.65 bits per heavy atom. The summed E-state index contributed by atoms with van der Waals surface area (Å²) < 4.78 is 51.4. The number of Topliss-reactive ketones (excluding diaryl/α,β-unsaturated/α-hetero) is 1. The Morgan fingerprint density at radius 3 is 2.29 bits per heavy atom. The average Bonchev–Trinajstić information content (AvgIpc) is 2.78. The van der Waals surface area contributed by atoms with Gasteiger partial charge in [-0.3, -0.25) is 4.79 Å². The molecule has 9 heteroatoms. The molecule has 1 aliphatic heterocycles. The quantitative estimate of drug-likeness (QED) is 0.453. The van der Waals surface area contributed by atoms with Crippen LogP contribution in [-0.2, 0) is 14.8 Å².